The Hall–Kier alpha value is -0.540. The third kappa shape index (κ3) is 2.18. The van der Waals surface area contributed by atoms with Crippen LogP contribution in [0.1, 0.15) is 25.3 Å². The monoisotopic (exact) mass is 269 g/mol. The molecule has 2 N–H and O–H groups in total. The summed E-state index contributed by atoms with van der Waals surface area (Å²) < 4.78 is 7.08. The van der Waals surface area contributed by atoms with Gasteiger partial charge in [-0.15, -0.1) is 0 Å². The lowest BCUT2D eigenvalue weighted by molar-refractivity contribution is 0.103. The minimum absolute atomic E-state index is 0.0639. The van der Waals surface area contributed by atoms with Crippen molar-refractivity contribution in [1.29, 1.82) is 0 Å². The van der Waals surface area contributed by atoms with Crippen molar-refractivity contribution in [3.8, 4) is 5.75 Å². The minimum atomic E-state index is -0.0639. The highest BCUT2D eigenvalue weighted by atomic mass is 79.9. The van der Waals surface area contributed by atoms with Crippen LogP contribution >= 0.6 is 15.9 Å². The third-order valence-electron chi connectivity index (χ3n) is 2.87. The Bertz CT molecular complexity index is 367. The van der Waals surface area contributed by atoms with Gasteiger partial charge in [0.2, 0.25) is 0 Å². The molecule has 0 saturated heterocycles. The second-order valence-corrected chi connectivity index (χ2v) is 5.20. The second kappa shape index (κ2) is 4.14. The number of halogens is 1. The first-order valence-corrected chi connectivity index (χ1v) is 6.10. The topological polar surface area (TPSA) is 35.2 Å². The SMILES string of the molecule is CC1(CCCN)Cc2cccc(Br)c2O1. The lowest BCUT2D eigenvalue weighted by Gasteiger charge is -2.23. The number of fused-ring (bicyclic) bond motifs is 1. The maximum Gasteiger partial charge on any atom is 0.137 e. The summed E-state index contributed by atoms with van der Waals surface area (Å²) in [6, 6.07) is 6.21. The zero-order chi connectivity index (χ0) is 10.9. The van der Waals surface area contributed by atoms with E-state index in [9.17, 15) is 0 Å². The van der Waals surface area contributed by atoms with Crippen LogP contribution in [0.25, 0.3) is 0 Å². The summed E-state index contributed by atoms with van der Waals surface area (Å²) in [5.74, 6) is 1.01. The van der Waals surface area contributed by atoms with Crippen molar-refractivity contribution in [2.24, 2.45) is 5.73 Å². The maximum absolute atomic E-state index is 6.02. The van der Waals surface area contributed by atoms with Gasteiger partial charge in [-0.25, -0.2) is 0 Å². The van der Waals surface area contributed by atoms with Gasteiger partial charge in [-0.2, -0.15) is 0 Å². The molecule has 82 valence electrons. The molecule has 0 aliphatic carbocycles. The minimum Gasteiger partial charge on any atom is -0.486 e. The van der Waals surface area contributed by atoms with E-state index in [1.807, 2.05) is 6.07 Å². The average molecular weight is 270 g/mol. The van der Waals surface area contributed by atoms with Gasteiger partial charge in [0.25, 0.3) is 0 Å². The molecule has 0 bridgehead atoms. The number of ether oxygens (including phenoxy) is 1. The highest BCUT2D eigenvalue weighted by Gasteiger charge is 2.34. The van der Waals surface area contributed by atoms with Crippen molar-refractivity contribution in [1.82, 2.24) is 0 Å². The molecule has 0 saturated carbocycles. The van der Waals surface area contributed by atoms with E-state index in [1.54, 1.807) is 0 Å². The molecule has 1 atom stereocenters. The normalized spacial score (nSPS) is 23.7. The van der Waals surface area contributed by atoms with Crippen LogP contribution in [-0.2, 0) is 6.42 Å². The van der Waals surface area contributed by atoms with Gasteiger partial charge in [0.05, 0.1) is 4.47 Å². The quantitative estimate of drug-likeness (QED) is 0.916. The van der Waals surface area contributed by atoms with Crippen molar-refractivity contribution >= 4 is 15.9 Å². The van der Waals surface area contributed by atoms with Crippen molar-refractivity contribution < 1.29 is 4.74 Å². The van der Waals surface area contributed by atoms with Crippen LogP contribution in [0.15, 0.2) is 22.7 Å². The molecule has 3 heteroatoms. The molecule has 1 aliphatic heterocycles. The summed E-state index contributed by atoms with van der Waals surface area (Å²) in [4.78, 5) is 0. The van der Waals surface area contributed by atoms with Crippen molar-refractivity contribution in [3.05, 3.63) is 28.2 Å². The molecule has 1 heterocycles. The van der Waals surface area contributed by atoms with E-state index in [2.05, 4.69) is 35.0 Å². The van der Waals surface area contributed by atoms with E-state index in [1.165, 1.54) is 5.56 Å². The van der Waals surface area contributed by atoms with E-state index in [-0.39, 0.29) is 5.60 Å². The van der Waals surface area contributed by atoms with Gasteiger partial charge >= 0.3 is 0 Å². The summed E-state index contributed by atoms with van der Waals surface area (Å²) in [7, 11) is 0. The number of hydrogen-bond donors (Lipinski definition) is 1. The molecule has 1 aromatic rings. The van der Waals surface area contributed by atoms with Crippen molar-refractivity contribution in [3.63, 3.8) is 0 Å². The Morgan fingerprint density at radius 2 is 2.33 bits per heavy atom. The van der Waals surface area contributed by atoms with E-state index >= 15 is 0 Å². The molecule has 0 fully saturated rings. The zero-order valence-electron chi connectivity index (χ0n) is 8.92. The molecule has 0 aromatic heterocycles. The fourth-order valence-corrected chi connectivity index (χ4v) is 2.60. The largest absolute Gasteiger partial charge is 0.486 e. The number of rotatable bonds is 3. The summed E-state index contributed by atoms with van der Waals surface area (Å²) in [5.41, 5.74) is 6.77. The summed E-state index contributed by atoms with van der Waals surface area (Å²) >= 11 is 3.52. The highest BCUT2D eigenvalue weighted by Crippen LogP contribution is 2.41. The summed E-state index contributed by atoms with van der Waals surface area (Å²) in [6.07, 6.45) is 3.02. The number of benzene rings is 1. The summed E-state index contributed by atoms with van der Waals surface area (Å²) in [6.45, 7) is 2.89. The van der Waals surface area contributed by atoms with E-state index < -0.39 is 0 Å². The molecule has 0 spiro atoms. The van der Waals surface area contributed by atoms with Gasteiger partial charge in [-0.05, 0) is 53.9 Å². The smallest absolute Gasteiger partial charge is 0.137 e. The maximum atomic E-state index is 6.02. The van der Waals surface area contributed by atoms with Crippen LogP contribution in [0.2, 0.25) is 0 Å². The number of nitrogens with two attached hydrogens (primary N) is 1. The van der Waals surface area contributed by atoms with Gasteiger partial charge in [-0.1, -0.05) is 12.1 Å². The molecule has 1 aliphatic rings. The van der Waals surface area contributed by atoms with E-state index in [0.717, 1.165) is 36.0 Å². The molecule has 2 rings (SSSR count). The van der Waals surface area contributed by atoms with Gasteiger partial charge in [-0.3, -0.25) is 0 Å². The molecule has 0 amide bonds. The Morgan fingerprint density at radius 1 is 1.53 bits per heavy atom. The molecule has 1 unspecified atom stereocenters. The lowest BCUT2D eigenvalue weighted by Crippen LogP contribution is -2.30. The molecular formula is C12H16BrNO. The first kappa shape index (κ1) is 11.0. The van der Waals surface area contributed by atoms with Crippen LogP contribution in [0.4, 0.5) is 0 Å². The van der Waals surface area contributed by atoms with Crippen molar-refractivity contribution in [2.75, 3.05) is 6.54 Å². The Balaban J connectivity index is 2.17. The van der Waals surface area contributed by atoms with Crippen LogP contribution in [-0.4, -0.2) is 12.1 Å². The standard InChI is InChI=1S/C12H16BrNO/c1-12(6-3-7-14)8-9-4-2-5-10(13)11(9)15-12/h2,4-5H,3,6-8,14H2,1H3. The van der Waals surface area contributed by atoms with Crippen LogP contribution in [0, 0.1) is 0 Å². The lowest BCUT2D eigenvalue weighted by atomic mass is 9.94. The van der Waals surface area contributed by atoms with Crippen molar-refractivity contribution in [2.45, 2.75) is 31.8 Å². The third-order valence-corrected chi connectivity index (χ3v) is 3.50. The molecule has 15 heavy (non-hydrogen) atoms. The molecule has 2 nitrogen and oxygen atoms in total. The first-order valence-electron chi connectivity index (χ1n) is 5.31. The fourth-order valence-electron chi connectivity index (χ4n) is 2.11. The van der Waals surface area contributed by atoms with Crippen LogP contribution < -0.4 is 10.5 Å². The molecule has 1 aromatic carbocycles. The Labute approximate surface area is 98.9 Å². The van der Waals surface area contributed by atoms with E-state index in [0.29, 0.717) is 0 Å². The van der Waals surface area contributed by atoms with E-state index in [4.69, 9.17) is 10.5 Å². The first-order chi connectivity index (χ1) is 7.14. The number of para-hydroxylation sites is 1. The van der Waals surface area contributed by atoms with Gasteiger partial charge in [0, 0.05) is 6.42 Å². The van der Waals surface area contributed by atoms with Crippen LogP contribution in [0.3, 0.4) is 0 Å². The average Bonchev–Trinajstić information content (AvgIpc) is 2.54. The van der Waals surface area contributed by atoms with Gasteiger partial charge < -0.3 is 10.5 Å². The number of hydrogen-bond acceptors (Lipinski definition) is 2. The predicted octanol–water partition coefficient (Wildman–Crippen LogP) is 2.88. The Kier molecular flexibility index (Phi) is 3.03. The van der Waals surface area contributed by atoms with Gasteiger partial charge in [0.15, 0.2) is 0 Å². The summed E-state index contributed by atoms with van der Waals surface area (Å²) in [5, 5.41) is 0. The Morgan fingerprint density at radius 3 is 3.00 bits per heavy atom. The van der Waals surface area contributed by atoms with Gasteiger partial charge in [0.1, 0.15) is 11.4 Å². The zero-order valence-corrected chi connectivity index (χ0v) is 10.5. The predicted molar refractivity (Wildman–Crippen MR) is 65.2 cm³/mol. The molecular weight excluding hydrogens is 254 g/mol. The van der Waals surface area contributed by atoms with Crippen LogP contribution in [0.5, 0.6) is 5.75 Å². The molecule has 0 radical (unpaired) electrons. The highest BCUT2D eigenvalue weighted by molar-refractivity contribution is 9.10. The second-order valence-electron chi connectivity index (χ2n) is 4.35. The fraction of sp³-hybridized carbons (Fsp3) is 0.500.